The predicted molar refractivity (Wildman–Crippen MR) is 116 cm³/mol. The van der Waals surface area contributed by atoms with Gasteiger partial charge in [0.1, 0.15) is 0 Å². The van der Waals surface area contributed by atoms with Crippen LogP contribution in [0.3, 0.4) is 0 Å². The van der Waals surface area contributed by atoms with Gasteiger partial charge in [-0.15, -0.1) is 0 Å². The summed E-state index contributed by atoms with van der Waals surface area (Å²) in [6, 6.07) is 5.53. The highest BCUT2D eigenvalue weighted by Crippen LogP contribution is 2.35. The van der Waals surface area contributed by atoms with Crippen LogP contribution < -0.4 is 4.90 Å². The van der Waals surface area contributed by atoms with Crippen LogP contribution in [0.25, 0.3) is 11.3 Å². The first-order chi connectivity index (χ1) is 15.2. The van der Waals surface area contributed by atoms with E-state index in [0.717, 1.165) is 55.4 Å². The lowest BCUT2D eigenvalue weighted by Gasteiger charge is -2.33. The van der Waals surface area contributed by atoms with Crippen molar-refractivity contribution in [3.05, 3.63) is 53.7 Å². The van der Waals surface area contributed by atoms with Crippen LogP contribution >= 0.6 is 0 Å². The fraction of sp³-hybridized carbons (Fsp3) is 0.435. The van der Waals surface area contributed by atoms with Crippen molar-refractivity contribution < 1.29 is 9.32 Å². The van der Waals surface area contributed by atoms with Crippen LogP contribution in [0, 0.1) is 6.92 Å². The van der Waals surface area contributed by atoms with Crippen LogP contribution in [-0.2, 0) is 0 Å². The Balaban J connectivity index is 1.48. The van der Waals surface area contributed by atoms with Crippen molar-refractivity contribution in [2.75, 3.05) is 31.1 Å². The normalized spacial score (nSPS) is 19.1. The third-order valence-electron chi connectivity index (χ3n) is 6.09. The van der Waals surface area contributed by atoms with E-state index in [0.29, 0.717) is 17.9 Å². The van der Waals surface area contributed by atoms with E-state index in [2.05, 4.69) is 20.0 Å². The fourth-order valence-corrected chi connectivity index (χ4v) is 4.50. The number of amides is 1. The molecule has 3 aromatic rings. The van der Waals surface area contributed by atoms with E-state index < -0.39 is 0 Å². The van der Waals surface area contributed by atoms with E-state index in [1.54, 1.807) is 18.5 Å². The summed E-state index contributed by atoms with van der Waals surface area (Å²) in [7, 11) is 0. The molecule has 0 saturated carbocycles. The van der Waals surface area contributed by atoms with Gasteiger partial charge in [0.05, 0.1) is 22.5 Å². The van der Waals surface area contributed by atoms with E-state index >= 15 is 0 Å². The number of carbonyl (C=O) groups is 1. The molecule has 31 heavy (non-hydrogen) atoms. The molecule has 0 aromatic carbocycles. The smallest absolute Gasteiger partial charge is 0.255 e. The summed E-state index contributed by atoms with van der Waals surface area (Å²) in [4.78, 5) is 30.9. The predicted octanol–water partition coefficient (Wildman–Crippen LogP) is 3.46. The Labute approximate surface area is 181 Å². The Bertz CT molecular complexity index is 1060. The number of aryl methyl sites for hydroxylation is 1. The van der Waals surface area contributed by atoms with Gasteiger partial charge in [0, 0.05) is 56.8 Å². The molecule has 8 heteroatoms. The molecule has 2 aliphatic rings. The molecule has 3 aromatic heterocycles. The van der Waals surface area contributed by atoms with Gasteiger partial charge in [0.25, 0.3) is 5.91 Å². The number of carbonyl (C=O) groups excluding carboxylic acids is 1. The average Bonchev–Trinajstić information content (AvgIpc) is 3.51. The average molecular weight is 419 g/mol. The number of piperidine rings is 1. The van der Waals surface area contributed by atoms with Gasteiger partial charge in [-0.2, -0.15) is 0 Å². The second-order valence-corrected chi connectivity index (χ2v) is 8.33. The lowest BCUT2D eigenvalue weighted by atomic mass is 9.91. The van der Waals surface area contributed by atoms with Crippen molar-refractivity contribution >= 4 is 11.9 Å². The number of hydrogen-bond acceptors (Lipinski definition) is 7. The fourth-order valence-electron chi connectivity index (χ4n) is 4.50. The molecule has 2 aliphatic heterocycles. The molecule has 8 nitrogen and oxygen atoms in total. The van der Waals surface area contributed by atoms with E-state index in [9.17, 15) is 4.79 Å². The summed E-state index contributed by atoms with van der Waals surface area (Å²) in [5.41, 5.74) is 3.25. The Kier molecular flexibility index (Phi) is 5.36. The van der Waals surface area contributed by atoms with E-state index in [-0.39, 0.29) is 11.8 Å². The minimum Gasteiger partial charge on any atom is -0.356 e. The first-order valence-corrected chi connectivity index (χ1v) is 10.9. The summed E-state index contributed by atoms with van der Waals surface area (Å²) in [5, 5.41) is 4.05. The topological polar surface area (TPSA) is 88.3 Å². The zero-order valence-electron chi connectivity index (χ0n) is 17.7. The third kappa shape index (κ3) is 4.02. The molecule has 0 aliphatic carbocycles. The second-order valence-electron chi connectivity index (χ2n) is 8.33. The Hall–Kier alpha value is -3.29. The zero-order valence-corrected chi connectivity index (χ0v) is 17.7. The van der Waals surface area contributed by atoms with Gasteiger partial charge in [-0.3, -0.25) is 9.78 Å². The number of likely N-dealkylation sites (tertiary alicyclic amines) is 1. The monoisotopic (exact) mass is 418 g/mol. The number of aromatic nitrogens is 4. The SMILES string of the molecule is Cc1cc(-c2cnc(N3CCCC3)nc2[C@@H]2CCCN(C(=O)c3cccnc3)C2)on1. The van der Waals surface area contributed by atoms with Gasteiger partial charge in [0.2, 0.25) is 5.95 Å². The first-order valence-electron chi connectivity index (χ1n) is 10.9. The molecular weight excluding hydrogens is 392 g/mol. The van der Waals surface area contributed by atoms with Crippen LogP contribution in [0.2, 0.25) is 0 Å². The molecule has 0 bridgehead atoms. The highest BCUT2D eigenvalue weighted by molar-refractivity contribution is 5.94. The molecule has 1 atom stereocenters. The Morgan fingerprint density at radius 1 is 1.16 bits per heavy atom. The molecule has 0 N–H and O–H groups in total. The van der Waals surface area contributed by atoms with Gasteiger partial charge in [-0.1, -0.05) is 5.16 Å². The maximum Gasteiger partial charge on any atom is 0.255 e. The van der Waals surface area contributed by atoms with Crippen LogP contribution in [0.5, 0.6) is 0 Å². The Morgan fingerprint density at radius 2 is 2.03 bits per heavy atom. The van der Waals surface area contributed by atoms with Gasteiger partial charge in [0.15, 0.2) is 5.76 Å². The van der Waals surface area contributed by atoms with Crippen molar-refractivity contribution in [1.82, 2.24) is 25.0 Å². The highest BCUT2D eigenvalue weighted by Gasteiger charge is 2.30. The van der Waals surface area contributed by atoms with Gasteiger partial charge >= 0.3 is 0 Å². The minimum atomic E-state index is 0.0173. The van der Waals surface area contributed by atoms with Gasteiger partial charge in [-0.25, -0.2) is 9.97 Å². The van der Waals surface area contributed by atoms with Crippen LogP contribution in [0.4, 0.5) is 5.95 Å². The van der Waals surface area contributed by atoms with Gasteiger partial charge < -0.3 is 14.3 Å². The number of hydrogen-bond donors (Lipinski definition) is 0. The standard InChI is InChI=1S/C23H26N6O2/c1-16-12-20(31-27-16)19-14-25-23(28-9-2-3-10-28)26-21(19)18-7-5-11-29(15-18)22(30)17-6-4-8-24-13-17/h4,6,8,12-14,18H,2-3,5,7,9-11,15H2,1H3/t18-/m1/s1. The number of rotatable bonds is 4. The molecule has 0 spiro atoms. The van der Waals surface area contributed by atoms with Crippen molar-refractivity contribution in [3.8, 4) is 11.3 Å². The van der Waals surface area contributed by atoms with Crippen molar-refractivity contribution in [3.63, 3.8) is 0 Å². The molecule has 5 heterocycles. The first kappa shape index (κ1) is 19.7. The summed E-state index contributed by atoms with van der Waals surface area (Å²) in [6.07, 6.45) is 9.39. The summed E-state index contributed by atoms with van der Waals surface area (Å²) >= 11 is 0. The molecule has 0 radical (unpaired) electrons. The second kappa shape index (κ2) is 8.45. The molecule has 2 fully saturated rings. The van der Waals surface area contributed by atoms with Crippen molar-refractivity contribution in [2.45, 2.75) is 38.5 Å². The van der Waals surface area contributed by atoms with Crippen molar-refractivity contribution in [1.29, 1.82) is 0 Å². The maximum absolute atomic E-state index is 13.0. The van der Waals surface area contributed by atoms with Crippen molar-refractivity contribution in [2.24, 2.45) is 0 Å². The third-order valence-corrected chi connectivity index (χ3v) is 6.09. The molecule has 0 unspecified atom stereocenters. The molecular formula is C23H26N6O2. The largest absolute Gasteiger partial charge is 0.356 e. The molecule has 1 amide bonds. The summed E-state index contributed by atoms with van der Waals surface area (Å²) in [6.45, 7) is 5.23. The van der Waals surface area contributed by atoms with Crippen LogP contribution in [0.1, 0.15) is 53.3 Å². The maximum atomic E-state index is 13.0. The molecule has 5 rings (SSSR count). The molecule has 160 valence electrons. The summed E-state index contributed by atoms with van der Waals surface area (Å²) in [5.74, 6) is 1.57. The lowest BCUT2D eigenvalue weighted by molar-refractivity contribution is 0.0705. The van der Waals surface area contributed by atoms with Crippen LogP contribution in [-0.4, -0.2) is 57.1 Å². The highest BCUT2D eigenvalue weighted by atomic mass is 16.5. The Morgan fingerprint density at radius 3 is 2.77 bits per heavy atom. The minimum absolute atomic E-state index is 0.0173. The number of pyridine rings is 1. The van der Waals surface area contributed by atoms with Gasteiger partial charge in [-0.05, 0) is 44.7 Å². The number of anilines is 1. The zero-order chi connectivity index (χ0) is 21.2. The molecule has 2 saturated heterocycles. The van der Waals surface area contributed by atoms with Crippen LogP contribution in [0.15, 0.2) is 41.3 Å². The van der Waals surface area contributed by atoms with E-state index in [1.165, 1.54) is 12.8 Å². The number of nitrogens with zero attached hydrogens (tertiary/aromatic N) is 6. The lowest BCUT2D eigenvalue weighted by Crippen LogP contribution is -2.39. The quantitative estimate of drug-likeness (QED) is 0.641. The van der Waals surface area contributed by atoms with E-state index in [1.807, 2.05) is 30.2 Å². The summed E-state index contributed by atoms with van der Waals surface area (Å²) < 4.78 is 5.56. The van der Waals surface area contributed by atoms with E-state index in [4.69, 9.17) is 9.51 Å².